The molecule has 0 saturated carbocycles. The van der Waals surface area contributed by atoms with Crippen molar-refractivity contribution in [2.45, 2.75) is 51.9 Å². The highest BCUT2D eigenvalue weighted by molar-refractivity contribution is 7.99. The molecule has 0 unspecified atom stereocenters. The minimum atomic E-state index is 0.179. The predicted octanol–water partition coefficient (Wildman–Crippen LogP) is 6.41. The number of nitrogens with zero attached hydrogens (tertiary/aromatic N) is 3. The van der Waals surface area contributed by atoms with Crippen molar-refractivity contribution in [3.8, 4) is 0 Å². The number of carbonyl (C=O) groups excluding carboxylic acids is 1. The zero-order valence-corrected chi connectivity index (χ0v) is 21.4. The molecule has 3 rings (SSSR count). The molecule has 0 bridgehead atoms. The van der Waals surface area contributed by atoms with Gasteiger partial charge in [0, 0.05) is 24.4 Å². The van der Waals surface area contributed by atoms with Crippen molar-refractivity contribution in [3.63, 3.8) is 0 Å². The highest BCUT2D eigenvalue weighted by Crippen LogP contribution is 2.31. The van der Waals surface area contributed by atoms with Crippen LogP contribution in [-0.2, 0) is 11.2 Å². The minimum absolute atomic E-state index is 0.179. The van der Waals surface area contributed by atoms with Gasteiger partial charge in [0.2, 0.25) is 5.91 Å². The van der Waals surface area contributed by atoms with Gasteiger partial charge in [-0.05, 0) is 62.4 Å². The fourth-order valence-corrected chi connectivity index (χ4v) is 5.60. The lowest BCUT2D eigenvalue weighted by atomic mass is 10.1. The van der Waals surface area contributed by atoms with Crippen LogP contribution in [0, 0.1) is 6.92 Å². The number of thioether (sulfide) groups is 1. The van der Waals surface area contributed by atoms with Crippen LogP contribution in [0.4, 0.5) is 5.13 Å². The molecule has 3 aromatic rings. The first-order valence-corrected chi connectivity index (χ1v) is 13.5. The van der Waals surface area contributed by atoms with Crippen molar-refractivity contribution >= 4 is 44.4 Å². The summed E-state index contributed by atoms with van der Waals surface area (Å²) in [6, 6.07) is 14.9. The number of carbonyl (C=O) groups is 1. The highest BCUT2D eigenvalue weighted by Gasteiger charge is 2.20. The topological polar surface area (TPSA) is 36.4 Å². The molecule has 2 aromatic carbocycles. The van der Waals surface area contributed by atoms with Gasteiger partial charge in [-0.2, -0.15) is 0 Å². The van der Waals surface area contributed by atoms with E-state index in [2.05, 4.69) is 75.1 Å². The third-order valence-electron chi connectivity index (χ3n) is 5.76. The summed E-state index contributed by atoms with van der Waals surface area (Å²) in [4.78, 5) is 23.8. The summed E-state index contributed by atoms with van der Waals surface area (Å²) in [7, 11) is 0. The Morgan fingerprint density at radius 1 is 1.03 bits per heavy atom. The molecule has 4 nitrogen and oxygen atoms in total. The summed E-state index contributed by atoms with van der Waals surface area (Å²) in [6.07, 6.45) is 2.36. The van der Waals surface area contributed by atoms with Crippen molar-refractivity contribution < 1.29 is 4.79 Å². The van der Waals surface area contributed by atoms with Gasteiger partial charge in [0.25, 0.3) is 0 Å². The molecular weight excluding hydrogens is 434 g/mol. The van der Waals surface area contributed by atoms with Gasteiger partial charge in [-0.15, -0.1) is 11.8 Å². The van der Waals surface area contributed by atoms with Gasteiger partial charge in [0.1, 0.15) is 0 Å². The van der Waals surface area contributed by atoms with E-state index in [4.69, 9.17) is 4.98 Å². The zero-order chi connectivity index (χ0) is 22.9. The SMILES string of the molecule is CCc1cccc2sc(N(CCN(CC)CC)C(=O)CCCSc3ccc(C)cc3)nc12. The van der Waals surface area contributed by atoms with Gasteiger partial charge in [-0.1, -0.05) is 61.9 Å². The van der Waals surface area contributed by atoms with Crippen LogP contribution in [0.2, 0.25) is 0 Å². The summed E-state index contributed by atoms with van der Waals surface area (Å²) in [5, 5.41) is 0.837. The largest absolute Gasteiger partial charge is 0.302 e. The number of fused-ring (bicyclic) bond motifs is 1. The maximum atomic E-state index is 13.3. The Bertz CT molecular complexity index is 996. The summed E-state index contributed by atoms with van der Waals surface area (Å²) in [6.45, 7) is 12.1. The normalized spacial score (nSPS) is 11.4. The van der Waals surface area contributed by atoms with E-state index in [1.165, 1.54) is 16.0 Å². The number of thiazole rings is 1. The summed E-state index contributed by atoms with van der Waals surface area (Å²) < 4.78 is 1.16. The second-order valence-electron chi connectivity index (χ2n) is 7.95. The van der Waals surface area contributed by atoms with Gasteiger partial charge < -0.3 is 4.90 Å². The number of hydrogen-bond acceptors (Lipinski definition) is 5. The van der Waals surface area contributed by atoms with Crippen LogP contribution in [-0.4, -0.2) is 47.7 Å². The molecule has 0 aliphatic rings. The Morgan fingerprint density at radius 3 is 2.47 bits per heavy atom. The number of aryl methyl sites for hydroxylation is 2. The lowest BCUT2D eigenvalue weighted by Crippen LogP contribution is -2.38. The van der Waals surface area contributed by atoms with Gasteiger partial charge in [0.15, 0.2) is 5.13 Å². The molecule has 1 amide bonds. The predicted molar refractivity (Wildman–Crippen MR) is 140 cm³/mol. The number of benzene rings is 2. The van der Waals surface area contributed by atoms with Crippen molar-refractivity contribution in [2.24, 2.45) is 0 Å². The first-order chi connectivity index (χ1) is 15.5. The maximum Gasteiger partial charge on any atom is 0.228 e. The molecule has 0 aliphatic heterocycles. The molecule has 6 heteroatoms. The molecule has 32 heavy (non-hydrogen) atoms. The van der Waals surface area contributed by atoms with Crippen LogP contribution in [0.5, 0.6) is 0 Å². The smallest absolute Gasteiger partial charge is 0.228 e. The molecule has 1 heterocycles. The summed E-state index contributed by atoms with van der Waals surface area (Å²) >= 11 is 3.46. The van der Waals surface area contributed by atoms with Crippen molar-refractivity contribution in [2.75, 3.05) is 36.8 Å². The minimum Gasteiger partial charge on any atom is -0.302 e. The van der Waals surface area contributed by atoms with Crippen LogP contribution >= 0.6 is 23.1 Å². The summed E-state index contributed by atoms with van der Waals surface area (Å²) in [5.74, 6) is 1.12. The molecular formula is C26H35N3OS2. The number of para-hydroxylation sites is 1. The van der Waals surface area contributed by atoms with Crippen LogP contribution in [0.25, 0.3) is 10.2 Å². The average Bonchev–Trinajstić information content (AvgIpc) is 3.24. The van der Waals surface area contributed by atoms with Crippen LogP contribution in [0.3, 0.4) is 0 Å². The molecule has 172 valence electrons. The Labute approximate surface area is 201 Å². The van der Waals surface area contributed by atoms with Crippen molar-refractivity contribution in [1.82, 2.24) is 9.88 Å². The van der Waals surface area contributed by atoms with Gasteiger partial charge in [-0.25, -0.2) is 4.98 Å². The lowest BCUT2D eigenvalue weighted by molar-refractivity contribution is -0.118. The van der Waals surface area contributed by atoms with E-state index in [1.54, 1.807) is 11.3 Å². The molecule has 0 radical (unpaired) electrons. The molecule has 0 N–H and O–H groups in total. The Kier molecular flexibility index (Phi) is 9.57. The molecule has 0 saturated heterocycles. The first kappa shape index (κ1) is 24.7. The van der Waals surface area contributed by atoms with E-state index in [0.717, 1.165) is 53.6 Å². The van der Waals surface area contributed by atoms with Gasteiger partial charge in [-0.3, -0.25) is 9.69 Å². The van der Waals surface area contributed by atoms with E-state index < -0.39 is 0 Å². The van der Waals surface area contributed by atoms with E-state index in [9.17, 15) is 4.79 Å². The fourth-order valence-electron chi connectivity index (χ4n) is 3.69. The molecule has 0 aliphatic carbocycles. The Balaban J connectivity index is 1.68. The van der Waals surface area contributed by atoms with Crippen molar-refractivity contribution in [1.29, 1.82) is 0 Å². The Hall–Kier alpha value is -1.89. The summed E-state index contributed by atoms with van der Waals surface area (Å²) in [5.41, 5.74) is 3.57. The number of likely N-dealkylation sites (N-methyl/N-ethyl adjacent to an activating group) is 1. The molecule has 0 atom stereocenters. The highest BCUT2D eigenvalue weighted by atomic mass is 32.2. The van der Waals surface area contributed by atoms with E-state index >= 15 is 0 Å². The van der Waals surface area contributed by atoms with Crippen LogP contribution in [0.15, 0.2) is 47.4 Å². The number of aromatic nitrogens is 1. The number of amides is 1. The van der Waals surface area contributed by atoms with Gasteiger partial charge in [0.05, 0.1) is 10.2 Å². The molecule has 1 aromatic heterocycles. The van der Waals surface area contributed by atoms with Crippen LogP contribution in [0.1, 0.15) is 44.7 Å². The van der Waals surface area contributed by atoms with E-state index in [-0.39, 0.29) is 5.91 Å². The zero-order valence-electron chi connectivity index (χ0n) is 19.8. The monoisotopic (exact) mass is 469 g/mol. The number of rotatable bonds is 12. The lowest BCUT2D eigenvalue weighted by Gasteiger charge is -2.24. The molecule has 0 fully saturated rings. The maximum absolute atomic E-state index is 13.3. The Morgan fingerprint density at radius 2 is 1.78 bits per heavy atom. The fraction of sp³-hybridized carbons (Fsp3) is 0.462. The van der Waals surface area contributed by atoms with Gasteiger partial charge >= 0.3 is 0 Å². The number of anilines is 1. The third kappa shape index (κ3) is 6.56. The molecule has 0 spiro atoms. The number of hydrogen-bond donors (Lipinski definition) is 0. The second-order valence-corrected chi connectivity index (χ2v) is 10.1. The van der Waals surface area contributed by atoms with Crippen LogP contribution < -0.4 is 4.90 Å². The quantitative estimate of drug-likeness (QED) is 0.227. The average molecular weight is 470 g/mol. The second kappa shape index (κ2) is 12.4. The standard InChI is InChI=1S/C26H35N3OS2/c1-5-21-10-8-11-23-25(21)27-26(32-23)29(18-17-28(6-2)7-3)24(30)12-9-19-31-22-15-13-20(4)14-16-22/h8,10-11,13-16H,5-7,9,12,17-19H2,1-4H3. The third-order valence-corrected chi connectivity index (χ3v) is 7.90. The van der Waals surface area contributed by atoms with Crippen molar-refractivity contribution in [3.05, 3.63) is 53.6 Å². The van der Waals surface area contributed by atoms with E-state index in [0.29, 0.717) is 13.0 Å². The first-order valence-electron chi connectivity index (χ1n) is 11.7. The van der Waals surface area contributed by atoms with E-state index in [1.807, 2.05) is 16.7 Å².